The molecule has 0 saturated heterocycles. The molecule has 2 aromatic carbocycles. The first-order chi connectivity index (χ1) is 11.5. The van der Waals surface area contributed by atoms with Gasteiger partial charge in [-0.25, -0.2) is 0 Å². The molecule has 0 bridgehead atoms. The summed E-state index contributed by atoms with van der Waals surface area (Å²) < 4.78 is 6.34. The van der Waals surface area contributed by atoms with Gasteiger partial charge in [-0.3, -0.25) is 0 Å². The maximum absolute atomic E-state index is 6.34. The van der Waals surface area contributed by atoms with E-state index >= 15 is 0 Å². The highest BCUT2D eigenvalue weighted by Crippen LogP contribution is 2.29. The summed E-state index contributed by atoms with van der Waals surface area (Å²) >= 11 is 0. The van der Waals surface area contributed by atoms with Crippen molar-refractivity contribution in [1.29, 1.82) is 0 Å². The second kappa shape index (κ2) is 8.77. The van der Waals surface area contributed by atoms with Crippen LogP contribution in [0.5, 0.6) is 5.75 Å². The van der Waals surface area contributed by atoms with Gasteiger partial charge in [-0.1, -0.05) is 45.0 Å². The van der Waals surface area contributed by atoms with Crippen molar-refractivity contribution in [1.82, 2.24) is 0 Å². The van der Waals surface area contributed by atoms with Gasteiger partial charge < -0.3 is 10.1 Å². The average Bonchev–Trinajstić information content (AvgIpc) is 2.57. The van der Waals surface area contributed by atoms with Crippen LogP contribution in [0.15, 0.2) is 42.5 Å². The molecule has 0 saturated carbocycles. The molecule has 0 radical (unpaired) electrons. The lowest BCUT2D eigenvalue weighted by Gasteiger charge is -2.22. The Balaban J connectivity index is 2.05. The van der Waals surface area contributed by atoms with Crippen LogP contribution in [-0.2, 0) is 0 Å². The van der Waals surface area contributed by atoms with E-state index in [9.17, 15) is 0 Å². The largest absolute Gasteiger partial charge is 0.488 e. The minimum absolute atomic E-state index is 0.163. The molecule has 0 heterocycles. The van der Waals surface area contributed by atoms with Crippen molar-refractivity contribution < 1.29 is 4.74 Å². The number of ether oxygens (including phenoxy) is 1. The van der Waals surface area contributed by atoms with E-state index in [1.165, 1.54) is 22.4 Å². The SMILES string of the molecule is CC[C@H](CNc1cc(C)cc(C)c1)Oc1ccccc1[C@H](C)CC. The zero-order valence-electron chi connectivity index (χ0n) is 15.7. The van der Waals surface area contributed by atoms with E-state index in [1.807, 2.05) is 0 Å². The summed E-state index contributed by atoms with van der Waals surface area (Å²) in [6, 6.07) is 15.0. The number of para-hydroxylation sites is 1. The fourth-order valence-electron chi connectivity index (χ4n) is 2.97. The zero-order chi connectivity index (χ0) is 17.5. The predicted molar refractivity (Wildman–Crippen MR) is 104 cm³/mol. The van der Waals surface area contributed by atoms with Crippen molar-refractivity contribution in [2.45, 2.75) is 59.5 Å². The van der Waals surface area contributed by atoms with Crippen LogP contribution in [0.4, 0.5) is 5.69 Å². The summed E-state index contributed by atoms with van der Waals surface area (Å²) in [5.74, 6) is 1.55. The van der Waals surface area contributed by atoms with Crippen molar-refractivity contribution in [3.8, 4) is 5.75 Å². The minimum Gasteiger partial charge on any atom is -0.488 e. The van der Waals surface area contributed by atoms with Gasteiger partial charge in [-0.15, -0.1) is 0 Å². The van der Waals surface area contributed by atoms with E-state index < -0.39 is 0 Å². The Morgan fingerprint density at radius 2 is 1.62 bits per heavy atom. The van der Waals surface area contributed by atoms with Crippen LogP contribution in [0.3, 0.4) is 0 Å². The molecule has 2 rings (SSSR count). The third-order valence-corrected chi connectivity index (χ3v) is 4.57. The molecule has 0 amide bonds. The van der Waals surface area contributed by atoms with Gasteiger partial charge in [0.05, 0.1) is 6.54 Å². The van der Waals surface area contributed by atoms with Crippen LogP contribution in [0.25, 0.3) is 0 Å². The molecule has 0 aliphatic heterocycles. The first kappa shape index (κ1) is 18.4. The number of aryl methyl sites for hydroxylation is 2. The Morgan fingerprint density at radius 1 is 0.958 bits per heavy atom. The lowest BCUT2D eigenvalue weighted by atomic mass is 9.98. The van der Waals surface area contributed by atoms with Crippen molar-refractivity contribution in [3.63, 3.8) is 0 Å². The van der Waals surface area contributed by atoms with Crippen molar-refractivity contribution in [2.75, 3.05) is 11.9 Å². The Hall–Kier alpha value is -1.96. The van der Waals surface area contributed by atoms with E-state index in [1.54, 1.807) is 0 Å². The number of nitrogens with one attached hydrogen (secondary N) is 1. The Kier molecular flexibility index (Phi) is 6.72. The number of benzene rings is 2. The number of rotatable bonds is 8. The van der Waals surface area contributed by atoms with Gasteiger partial charge in [0, 0.05) is 5.69 Å². The van der Waals surface area contributed by atoms with Gasteiger partial charge in [0.15, 0.2) is 0 Å². The maximum atomic E-state index is 6.34. The predicted octanol–water partition coefficient (Wildman–Crippen LogP) is 6.09. The Labute approximate surface area is 147 Å². The lowest BCUT2D eigenvalue weighted by molar-refractivity contribution is 0.207. The molecule has 0 spiro atoms. The van der Waals surface area contributed by atoms with Gasteiger partial charge in [0.25, 0.3) is 0 Å². The van der Waals surface area contributed by atoms with Crippen LogP contribution < -0.4 is 10.1 Å². The first-order valence-electron chi connectivity index (χ1n) is 9.11. The van der Waals surface area contributed by atoms with Gasteiger partial charge in [0.2, 0.25) is 0 Å². The van der Waals surface area contributed by atoms with Crippen molar-refractivity contribution in [3.05, 3.63) is 59.2 Å². The summed E-state index contributed by atoms with van der Waals surface area (Å²) in [7, 11) is 0. The quantitative estimate of drug-likeness (QED) is 0.634. The van der Waals surface area contributed by atoms with E-state index in [2.05, 4.69) is 82.4 Å². The highest BCUT2D eigenvalue weighted by atomic mass is 16.5. The fraction of sp³-hybridized carbons (Fsp3) is 0.455. The second-order valence-corrected chi connectivity index (χ2v) is 6.75. The monoisotopic (exact) mass is 325 g/mol. The second-order valence-electron chi connectivity index (χ2n) is 6.75. The minimum atomic E-state index is 0.163. The van der Waals surface area contributed by atoms with E-state index in [0.29, 0.717) is 5.92 Å². The molecule has 0 unspecified atom stereocenters. The highest BCUT2D eigenvalue weighted by Gasteiger charge is 2.14. The Morgan fingerprint density at radius 3 is 2.25 bits per heavy atom. The molecule has 0 aliphatic carbocycles. The number of anilines is 1. The molecule has 2 nitrogen and oxygen atoms in total. The van der Waals surface area contributed by atoms with E-state index in [4.69, 9.17) is 4.74 Å². The summed E-state index contributed by atoms with van der Waals surface area (Å²) in [5.41, 5.74) is 5.05. The maximum Gasteiger partial charge on any atom is 0.123 e. The number of hydrogen-bond donors (Lipinski definition) is 1. The van der Waals surface area contributed by atoms with Crippen LogP contribution in [0.2, 0.25) is 0 Å². The summed E-state index contributed by atoms with van der Waals surface area (Å²) in [4.78, 5) is 0. The molecule has 0 aromatic heterocycles. The average molecular weight is 325 g/mol. The molecule has 24 heavy (non-hydrogen) atoms. The topological polar surface area (TPSA) is 21.3 Å². The van der Waals surface area contributed by atoms with Crippen molar-refractivity contribution in [2.24, 2.45) is 0 Å². The van der Waals surface area contributed by atoms with Gasteiger partial charge in [0.1, 0.15) is 11.9 Å². The molecular weight excluding hydrogens is 294 g/mol. The Bertz CT molecular complexity index is 630. The van der Waals surface area contributed by atoms with Crippen molar-refractivity contribution >= 4 is 5.69 Å². The molecule has 1 N–H and O–H groups in total. The normalized spacial score (nSPS) is 13.4. The first-order valence-corrected chi connectivity index (χ1v) is 9.11. The van der Waals surface area contributed by atoms with Crippen LogP contribution in [0.1, 0.15) is 56.2 Å². The molecular formula is C22H31NO. The van der Waals surface area contributed by atoms with Crippen LogP contribution in [0, 0.1) is 13.8 Å². The van der Waals surface area contributed by atoms with Gasteiger partial charge in [-0.05, 0) is 67.5 Å². The third kappa shape index (κ3) is 5.02. The van der Waals surface area contributed by atoms with E-state index in [-0.39, 0.29) is 6.10 Å². The molecule has 2 heteroatoms. The molecule has 0 fully saturated rings. The highest BCUT2D eigenvalue weighted by molar-refractivity contribution is 5.48. The molecule has 130 valence electrons. The fourth-order valence-corrected chi connectivity index (χ4v) is 2.97. The van der Waals surface area contributed by atoms with E-state index in [0.717, 1.165) is 25.1 Å². The number of hydrogen-bond acceptors (Lipinski definition) is 2. The molecule has 0 aliphatic rings. The smallest absolute Gasteiger partial charge is 0.123 e. The summed E-state index contributed by atoms with van der Waals surface area (Å²) in [6.45, 7) is 11.7. The van der Waals surface area contributed by atoms with Crippen LogP contribution in [-0.4, -0.2) is 12.6 Å². The summed E-state index contributed by atoms with van der Waals surface area (Å²) in [6.07, 6.45) is 2.26. The lowest BCUT2D eigenvalue weighted by Crippen LogP contribution is -2.26. The summed E-state index contributed by atoms with van der Waals surface area (Å²) in [5, 5.41) is 3.54. The molecule has 2 atom stereocenters. The standard InChI is InChI=1S/C22H31NO/c1-6-18(5)21-10-8-9-11-22(21)24-20(7-2)15-23-19-13-16(3)12-17(4)14-19/h8-14,18,20,23H,6-7,15H2,1-5H3/t18-,20-/m1/s1. The zero-order valence-corrected chi connectivity index (χ0v) is 15.7. The van der Waals surface area contributed by atoms with Crippen LogP contribution >= 0.6 is 0 Å². The third-order valence-electron chi connectivity index (χ3n) is 4.57. The van der Waals surface area contributed by atoms with Gasteiger partial charge >= 0.3 is 0 Å². The molecule has 2 aromatic rings. The van der Waals surface area contributed by atoms with Gasteiger partial charge in [-0.2, -0.15) is 0 Å².